The van der Waals surface area contributed by atoms with Crippen LogP contribution in [0.1, 0.15) is 16.7 Å². The van der Waals surface area contributed by atoms with Crippen molar-refractivity contribution in [2.75, 3.05) is 0 Å². The number of aliphatic imine (C=N–C) groups is 1. The summed E-state index contributed by atoms with van der Waals surface area (Å²) in [6.07, 6.45) is 1.67. The van der Waals surface area contributed by atoms with Crippen LogP contribution in [0.5, 0.6) is 5.75 Å². The molecule has 0 bridgehead atoms. The van der Waals surface area contributed by atoms with Crippen LogP contribution in [0.3, 0.4) is 0 Å². The molecule has 0 spiro atoms. The number of phenols is 1. The predicted molar refractivity (Wildman–Crippen MR) is 86.7 cm³/mol. The Hall–Kier alpha value is -1.13. The van der Waals surface area contributed by atoms with E-state index in [0.29, 0.717) is 10.0 Å². The van der Waals surface area contributed by atoms with Gasteiger partial charge in [-0.3, -0.25) is 4.99 Å². The summed E-state index contributed by atoms with van der Waals surface area (Å²) < 4.78 is 1.53. The Kier molecular flexibility index (Phi) is 4.42. The first-order valence-electron chi connectivity index (χ1n) is 5.76. The van der Waals surface area contributed by atoms with Crippen molar-refractivity contribution in [1.29, 1.82) is 0 Å². The summed E-state index contributed by atoms with van der Waals surface area (Å²) in [6, 6.07) is 9.71. The van der Waals surface area contributed by atoms with Crippen LogP contribution in [0, 0.1) is 13.8 Å². The minimum Gasteiger partial charge on any atom is -0.506 e. The lowest BCUT2D eigenvalue weighted by Gasteiger charge is -2.04. The van der Waals surface area contributed by atoms with Gasteiger partial charge in [0.1, 0.15) is 5.75 Å². The van der Waals surface area contributed by atoms with Crippen molar-refractivity contribution >= 4 is 43.8 Å². The molecule has 19 heavy (non-hydrogen) atoms. The second-order valence-corrected chi connectivity index (χ2v) is 6.14. The average Bonchev–Trinajstić information content (AvgIpc) is 2.33. The maximum absolute atomic E-state index is 9.95. The van der Waals surface area contributed by atoms with Crippen LogP contribution in [0.15, 0.2) is 44.3 Å². The van der Waals surface area contributed by atoms with E-state index in [9.17, 15) is 5.11 Å². The van der Waals surface area contributed by atoms with E-state index in [-0.39, 0.29) is 5.75 Å². The van der Waals surface area contributed by atoms with E-state index < -0.39 is 0 Å². The first kappa shape index (κ1) is 14.3. The number of rotatable bonds is 2. The van der Waals surface area contributed by atoms with Crippen LogP contribution in [-0.2, 0) is 0 Å². The summed E-state index contributed by atoms with van der Waals surface area (Å²) in [6.45, 7) is 4.08. The average molecular weight is 383 g/mol. The first-order valence-corrected chi connectivity index (χ1v) is 7.35. The third kappa shape index (κ3) is 3.45. The van der Waals surface area contributed by atoms with Crippen molar-refractivity contribution in [2.45, 2.75) is 13.8 Å². The number of aromatic hydroxyl groups is 1. The van der Waals surface area contributed by atoms with E-state index in [2.05, 4.69) is 49.8 Å². The van der Waals surface area contributed by atoms with Crippen LogP contribution in [-0.4, -0.2) is 11.3 Å². The standard InChI is InChI=1S/C15H13Br2NO/c1-9-3-4-14(10(2)5-9)18-8-11-6-12(16)7-13(17)15(11)19/h3-8,19H,1-2H3. The molecule has 0 aliphatic rings. The minimum absolute atomic E-state index is 0.191. The molecule has 1 N–H and O–H groups in total. The number of hydrogen-bond donors (Lipinski definition) is 1. The summed E-state index contributed by atoms with van der Waals surface area (Å²) in [7, 11) is 0. The van der Waals surface area contributed by atoms with Gasteiger partial charge in [0.25, 0.3) is 0 Å². The molecule has 2 aromatic carbocycles. The molecular formula is C15H13Br2NO. The Morgan fingerprint density at radius 1 is 1.11 bits per heavy atom. The van der Waals surface area contributed by atoms with Crippen molar-refractivity contribution < 1.29 is 5.11 Å². The van der Waals surface area contributed by atoms with Crippen LogP contribution in [0.4, 0.5) is 5.69 Å². The Morgan fingerprint density at radius 3 is 2.53 bits per heavy atom. The smallest absolute Gasteiger partial charge is 0.138 e. The molecule has 0 unspecified atom stereocenters. The van der Waals surface area contributed by atoms with Crippen molar-refractivity contribution in [3.8, 4) is 5.75 Å². The zero-order chi connectivity index (χ0) is 14.0. The molecule has 0 saturated heterocycles. The van der Waals surface area contributed by atoms with Gasteiger partial charge in [0.2, 0.25) is 0 Å². The van der Waals surface area contributed by atoms with E-state index >= 15 is 0 Å². The van der Waals surface area contributed by atoms with Crippen molar-refractivity contribution in [3.63, 3.8) is 0 Å². The van der Waals surface area contributed by atoms with Crippen LogP contribution < -0.4 is 0 Å². The molecule has 0 heterocycles. The van der Waals surface area contributed by atoms with Gasteiger partial charge in [0.15, 0.2) is 0 Å². The first-order chi connectivity index (χ1) is 8.97. The zero-order valence-corrected chi connectivity index (χ0v) is 13.8. The fourth-order valence-corrected chi connectivity index (χ4v) is 3.03. The number of hydrogen-bond acceptors (Lipinski definition) is 2. The van der Waals surface area contributed by atoms with Gasteiger partial charge in [-0.05, 0) is 53.5 Å². The fraction of sp³-hybridized carbons (Fsp3) is 0.133. The molecule has 0 radical (unpaired) electrons. The van der Waals surface area contributed by atoms with Gasteiger partial charge >= 0.3 is 0 Å². The van der Waals surface area contributed by atoms with Gasteiger partial charge in [-0.2, -0.15) is 0 Å². The quantitative estimate of drug-likeness (QED) is 0.703. The third-order valence-electron chi connectivity index (χ3n) is 2.75. The molecule has 0 atom stereocenters. The highest BCUT2D eigenvalue weighted by Gasteiger charge is 2.05. The molecular weight excluding hydrogens is 370 g/mol. The topological polar surface area (TPSA) is 32.6 Å². The van der Waals surface area contributed by atoms with E-state index in [0.717, 1.165) is 15.7 Å². The number of aryl methyl sites for hydroxylation is 2. The minimum atomic E-state index is 0.191. The highest BCUT2D eigenvalue weighted by atomic mass is 79.9. The molecule has 0 aliphatic carbocycles. The summed E-state index contributed by atoms with van der Waals surface area (Å²) in [5, 5.41) is 9.95. The molecule has 2 nitrogen and oxygen atoms in total. The molecule has 2 rings (SSSR count). The van der Waals surface area contributed by atoms with Gasteiger partial charge in [-0.25, -0.2) is 0 Å². The second kappa shape index (κ2) is 5.88. The van der Waals surface area contributed by atoms with Crippen molar-refractivity contribution in [2.24, 2.45) is 4.99 Å². The van der Waals surface area contributed by atoms with Crippen molar-refractivity contribution in [1.82, 2.24) is 0 Å². The normalized spacial score (nSPS) is 11.2. The van der Waals surface area contributed by atoms with E-state index in [1.807, 2.05) is 25.1 Å². The predicted octanol–water partition coefficient (Wildman–Crippen LogP) is 5.28. The number of nitrogens with zero attached hydrogens (tertiary/aromatic N) is 1. The van der Waals surface area contributed by atoms with Gasteiger partial charge in [-0.1, -0.05) is 33.6 Å². The van der Waals surface area contributed by atoms with Crippen molar-refractivity contribution in [3.05, 3.63) is 56.0 Å². The molecule has 0 saturated carbocycles. The lowest BCUT2D eigenvalue weighted by molar-refractivity contribution is 0.471. The monoisotopic (exact) mass is 381 g/mol. The molecule has 2 aromatic rings. The van der Waals surface area contributed by atoms with Crippen LogP contribution >= 0.6 is 31.9 Å². The highest BCUT2D eigenvalue weighted by molar-refractivity contribution is 9.11. The summed E-state index contributed by atoms with van der Waals surface area (Å²) in [4.78, 5) is 4.43. The lowest BCUT2D eigenvalue weighted by Crippen LogP contribution is -1.85. The maximum atomic E-state index is 9.95. The van der Waals surface area contributed by atoms with E-state index in [1.54, 1.807) is 12.3 Å². The summed E-state index contributed by atoms with van der Waals surface area (Å²) >= 11 is 6.70. The highest BCUT2D eigenvalue weighted by Crippen LogP contribution is 2.31. The Balaban J connectivity index is 2.38. The van der Waals surface area contributed by atoms with Crippen LogP contribution in [0.2, 0.25) is 0 Å². The Bertz CT molecular complexity index is 651. The third-order valence-corrected chi connectivity index (χ3v) is 3.82. The SMILES string of the molecule is Cc1ccc(N=Cc2cc(Br)cc(Br)c2O)c(C)c1. The maximum Gasteiger partial charge on any atom is 0.138 e. The second-order valence-electron chi connectivity index (χ2n) is 4.37. The molecule has 0 aliphatic heterocycles. The van der Waals surface area contributed by atoms with E-state index in [1.165, 1.54) is 5.56 Å². The summed E-state index contributed by atoms with van der Waals surface area (Å²) in [5.41, 5.74) is 3.90. The van der Waals surface area contributed by atoms with Gasteiger partial charge < -0.3 is 5.11 Å². The number of phenolic OH excluding ortho intramolecular Hbond substituents is 1. The van der Waals surface area contributed by atoms with Gasteiger partial charge in [0.05, 0.1) is 10.2 Å². The largest absolute Gasteiger partial charge is 0.506 e. The fourth-order valence-electron chi connectivity index (χ4n) is 1.77. The summed E-state index contributed by atoms with van der Waals surface area (Å²) in [5.74, 6) is 0.191. The Labute approximate surface area is 129 Å². The van der Waals surface area contributed by atoms with Gasteiger partial charge in [-0.15, -0.1) is 0 Å². The number of halogens is 2. The van der Waals surface area contributed by atoms with Gasteiger partial charge in [0, 0.05) is 16.3 Å². The van der Waals surface area contributed by atoms with Crippen LogP contribution in [0.25, 0.3) is 0 Å². The molecule has 0 fully saturated rings. The molecule has 0 aromatic heterocycles. The Morgan fingerprint density at radius 2 is 1.84 bits per heavy atom. The van der Waals surface area contributed by atoms with E-state index in [4.69, 9.17) is 0 Å². The molecule has 0 amide bonds. The number of benzene rings is 2. The lowest BCUT2D eigenvalue weighted by atomic mass is 10.1. The zero-order valence-electron chi connectivity index (χ0n) is 10.6. The molecule has 98 valence electrons. The molecule has 4 heteroatoms.